The van der Waals surface area contributed by atoms with E-state index < -0.39 is 5.97 Å². The van der Waals surface area contributed by atoms with E-state index in [0.29, 0.717) is 0 Å². The molecule has 0 spiro atoms. The fraction of sp³-hybridized carbons (Fsp3) is 0.667. The number of methoxy groups -OCH3 is 1. The summed E-state index contributed by atoms with van der Waals surface area (Å²) in [5, 5.41) is 2.55. The van der Waals surface area contributed by atoms with E-state index in [0.717, 1.165) is 0 Å². The molecule has 1 N–H and O–H groups in total. The molecule has 0 unspecified atom stereocenters. The minimum Gasteiger partial charge on any atom is -0.468 e. The molecule has 0 aromatic carbocycles. The molecule has 5 nitrogen and oxygen atoms in total. The number of esters is 2. The highest BCUT2D eigenvalue weighted by Gasteiger charge is 1.97. The van der Waals surface area contributed by atoms with Crippen molar-refractivity contribution < 1.29 is 19.1 Å². The molecule has 0 atom stereocenters. The van der Waals surface area contributed by atoms with Gasteiger partial charge < -0.3 is 9.47 Å². The van der Waals surface area contributed by atoms with Crippen LogP contribution in [-0.2, 0) is 19.1 Å². The normalized spacial score (nSPS) is 8.91. The van der Waals surface area contributed by atoms with E-state index in [4.69, 9.17) is 0 Å². The molecule has 64 valence electrons. The third kappa shape index (κ3) is 6.79. The van der Waals surface area contributed by atoms with Gasteiger partial charge >= 0.3 is 11.9 Å². The standard InChI is InChI=1S/C6H11NO4/c1-5(8)11-4-7-3-6(9)10-2/h7H,3-4H2,1-2H3. The Labute approximate surface area is 64.7 Å². The van der Waals surface area contributed by atoms with Crippen molar-refractivity contribution in [2.75, 3.05) is 20.4 Å². The van der Waals surface area contributed by atoms with Crippen LogP contribution in [0.2, 0.25) is 0 Å². The van der Waals surface area contributed by atoms with Gasteiger partial charge in [0.1, 0.15) is 6.73 Å². The van der Waals surface area contributed by atoms with Gasteiger partial charge in [-0.25, -0.2) is 0 Å². The lowest BCUT2D eigenvalue weighted by Gasteiger charge is -2.02. The first-order valence-electron chi connectivity index (χ1n) is 3.07. The first-order chi connectivity index (χ1) is 5.16. The number of hydrogen-bond acceptors (Lipinski definition) is 5. The topological polar surface area (TPSA) is 64.6 Å². The van der Waals surface area contributed by atoms with Crippen LogP contribution >= 0.6 is 0 Å². The molecule has 0 aromatic rings. The minimum atomic E-state index is -0.392. The monoisotopic (exact) mass is 161 g/mol. The highest BCUT2D eigenvalue weighted by Crippen LogP contribution is 1.73. The summed E-state index contributed by atoms with van der Waals surface area (Å²) < 4.78 is 8.79. The first-order valence-corrected chi connectivity index (χ1v) is 3.07. The van der Waals surface area contributed by atoms with Crippen LogP contribution in [0.15, 0.2) is 0 Å². The molecule has 5 heteroatoms. The molecule has 0 bridgehead atoms. The van der Waals surface area contributed by atoms with Gasteiger partial charge in [0.15, 0.2) is 0 Å². The van der Waals surface area contributed by atoms with Crippen molar-refractivity contribution in [2.45, 2.75) is 6.92 Å². The zero-order valence-corrected chi connectivity index (χ0v) is 6.55. The second kappa shape index (κ2) is 5.67. The molecule has 0 aliphatic heterocycles. The van der Waals surface area contributed by atoms with E-state index in [1.165, 1.54) is 14.0 Å². The molecule has 0 radical (unpaired) electrons. The quantitative estimate of drug-likeness (QED) is 0.334. The van der Waals surface area contributed by atoms with E-state index >= 15 is 0 Å². The predicted octanol–water partition coefficient (Wildman–Crippen LogP) is -0.730. The number of carbonyl (C=O) groups is 2. The summed E-state index contributed by atoms with van der Waals surface area (Å²) in [5.41, 5.74) is 0. The summed E-state index contributed by atoms with van der Waals surface area (Å²) in [6.07, 6.45) is 0. The van der Waals surface area contributed by atoms with Crippen LogP contribution in [0.4, 0.5) is 0 Å². The van der Waals surface area contributed by atoms with Crippen molar-refractivity contribution in [2.24, 2.45) is 0 Å². The average molecular weight is 161 g/mol. The Morgan fingerprint density at radius 1 is 1.45 bits per heavy atom. The predicted molar refractivity (Wildman–Crippen MR) is 36.7 cm³/mol. The molecule has 0 saturated heterocycles. The third-order valence-electron chi connectivity index (χ3n) is 0.875. The van der Waals surface area contributed by atoms with Gasteiger partial charge in [-0.15, -0.1) is 0 Å². The fourth-order valence-corrected chi connectivity index (χ4v) is 0.378. The highest BCUT2D eigenvalue weighted by atomic mass is 16.5. The average Bonchev–Trinajstić information content (AvgIpc) is 1.97. The SMILES string of the molecule is COC(=O)CNCOC(C)=O. The lowest BCUT2D eigenvalue weighted by atomic mass is 10.6. The Hall–Kier alpha value is -1.10. The van der Waals surface area contributed by atoms with E-state index in [9.17, 15) is 9.59 Å². The molecule has 0 aliphatic rings. The summed E-state index contributed by atoms with van der Waals surface area (Å²) in [5.74, 6) is -0.778. The maximum absolute atomic E-state index is 10.4. The lowest BCUT2D eigenvalue weighted by molar-refractivity contribution is -0.144. The van der Waals surface area contributed by atoms with Gasteiger partial charge in [0.05, 0.1) is 13.7 Å². The molecule has 0 aromatic heterocycles. The van der Waals surface area contributed by atoms with Crippen molar-refractivity contribution in [1.29, 1.82) is 0 Å². The van der Waals surface area contributed by atoms with E-state index in [-0.39, 0.29) is 19.2 Å². The van der Waals surface area contributed by atoms with Crippen molar-refractivity contribution in [1.82, 2.24) is 5.32 Å². The highest BCUT2D eigenvalue weighted by molar-refractivity contribution is 5.71. The van der Waals surface area contributed by atoms with Gasteiger partial charge in [0.25, 0.3) is 0 Å². The maximum Gasteiger partial charge on any atom is 0.319 e. The molecule has 0 saturated carbocycles. The zero-order chi connectivity index (χ0) is 8.69. The Balaban J connectivity index is 3.14. The third-order valence-corrected chi connectivity index (χ3v) is 0.875. The lowest BCUT2D eigenvalue weighted by Crippen LogP contribution is -2.27. The number of rotatable bonds is 4. The van der Waals surface area contributed by atoms with Crippen LogP contribution in [0.3, 0.4) is 0 Å². The first kappa shape index (κ1) is 9.90. The summed E-state index contributed by atoms with van der Waals surface area (Å²) >= 11 is 0. The van der Waals surface area contributed by atoms with E-state index in [2.05, 4.69) is 14.8 Å². The molecule has 0 heterocycles. The van der Waals surface area contributed by atoms with Crippen LogP contribution < -0.4 is 5.32 Å². The number of nitrogens with one attached hydrogen (secondary N) is 1. The molecule has 11 heavy (non-hydrogen) atoms. The van der Waals surface area contributed by atoms with Gasteiger partial charge in [0, 0.05) is 6.92 Å². The van der Waals surface area contributed by atoms with E-state index in [1.807, 2.05) is 0 Å². The summed E-state index contributed by atoms with van der Waals surface area (Å²) in [6.45, 7) is 1.37. The van der Waals surface area contributed by atoms with E-state index in [1.54, 1.807) is 0 Å². The zero-order valence-electron chi connectivity index (χ0n) is 6.55. The number of carbonyl (C=O) groups excluding carboxylic acids is 2. The maximum atomic E-state index is 10.4. The molecular weight excluding hydrogens is 150 g/mol. The van der Waals surface area contributed by atoms with Crippen molar-refractivity contribution in [3.8, 4) is 0 Å². The smallest absolute Gasteiger partial charge is 0.319 e. The Bertz CT molecular complexity index is 146. The van der Waals surface area contributed by atoms with Crippen molar-refractivity contribution in [3.05, 3.63) is 0 Å². The Morgan fingerprint density at radius 2 is 2.09 bits per heavy atom. The van der Waals surface area contributed by atoms with Gasteiger partial charge in [-0.1, -0.05) is 0 Å². The fourth-order valence-electron chi connectivity index (χ4n) is 0.378. The van der Waals surface area contributed by atoms with Crippen LogP contribution in [-0.4, -0.2) is 32.3 Å². The molecular formula is C6H11NO4. The number of hydrogen-bond donors (Lipinski definition) is 1. The van der Waals surface area contributed by atoms with Crippen molar-refractivity contribution >= 4 is 11.9 Å². The number of ether oxygens (including phenoxy) is 2. The minimum absolute atomic E-state index is 0.0322. The van der Waals surface area contributed by atoms with Gasteiger partial charge in [0.2, 0.25) is 0 Å². The Morgan fingerprint density at radius 3 is 2.55 bits per heavy atom. The molecule has 0 amide bonds. The van der Waals surface area contributed by atoms with Crippen LogP contribution in [0, 0.1) is 0 Å². The Kier molecular flexibility index (Phi) is 5.10. The molecule has 0 rings (SSSR count). The largest absolute Gasteiger partial charge is 0.468 e. The van der Waals surface area contributed by atoms with Crippen LogP contribution in [0.1, 0.15) is 6.92 Å². The van der Waals surface area contributed by atoms with Gasteiger partial charge in [-0.3, -0.25) is 14.9 Å². The van der Waals surface area contributed by atoms with Crippen LogP contribution in [0.5, 0.6) is 0 Å². The van der Waals surface area contributed by atoms with Gasteiger partial charge in [-0.2, -0.15) is 0 Å². The summed E-state index contributed by atoms with van der Waals surface area (Å²) in [6, 6.07) is 0. The van der Waals surface area contributed by atoms with Gasteiger partial charge in [-0.05, 0) is 0 Å². The van der Waals surface area contributed by atoms with Crippen molar-refractivity contribution in [3.63, 3.8) is 0 Å². The van der Waals surface area contributed by atoms with Crippen LogP contribution in [0.25, 0.3) is 0 Å². The molecule has 0 aliphatic carbocycles. The second-order valence-corrected chi connectivity index (χ2v) is 1.78. The second-order valence-electron chi connectivity index (χ2n) is 1.78. The molecule has 0 fully saturated rings. The summed E-state index contributed by atoms with van der Waals surface area (Å²) in [4.78, 5) is 20.6. The summed E-state index contributed by atoms with van der Waals surface area (Å²) in [7, 11) is 1.29.